The van der Waals surface area contributed by atoms with Gasteiger partial charge in [0.2, 0.25) is 11.8 Å². The highest BCUT2D eigenvalue weighted by atomic mass is 16.5. The van der Waals surface area contributed by atoms with Crippen molar-refractivity contribution in [3.8, 4) is 5.75 Å². The van der Waals surface area contributed by atoms with Gasteiger partial charge in [-0.1, -0.05) is 63.2 Å². The fourth-order valence-corrected chi connectivity index (χ4v) is 6.06. The summed E-state index contributed by atoms with van der Waals surface area (Å²) in [5.74, 6) is -0.459. The zero-order chi connectivity index (χ0) is 23.3. The number of imide groups is 1. The number of carbonyl (C=O) groups is 3. The van der Waals surface area contributed by atoms with Crippen LogP contribution in [0, 0.1) is 23.7 Å². The molecule has 0 spiro atoms. The summed E-state index contributed by atoms with van der Waals surface area (Å²) in [5.41, 5.74) is 2.02. The largest absolute Gasteiger partial charge is 0.425 e. The maximum absolute atomic E-state index is 13.4. The molecule has 5 rings (SSSR count). The van der Waals surface area contributed by atoms with Gasteiger partial charge in [0.1, 0.15) is 11.8 Å². The molecule has 2 amide bonds. The number of carbonyl (C=O) groups excluding carboxylic acids is 3. The van der Waals surface area contributed by atoms with E-state index in [4.69, 9.17) is 4.74 Å². The Balaban J connectivity index is 1.42. The average molecular weight is 446 g/mol. The second-order valence-electron chi connectivity index (χ2n) is 10.8. The summed E-state index contributed by atoms with van der Waals surface area (Å²) in [4.78, 5) is 41.5. The van der Waals surface area contributed by atoms with Gasteiger partial charge < -0.3 is 4.74 Å². The van der Waals surface area contributed by atoms with E-state index in [0.29, 0.717) is 5.75 Å². The lowest BCUT2D eigenvalue weighted by Gasteiger charge is -2.26. The van der Waals surface area contributed by atoms with Crippen LogP contribution in [0.15, 0.2) is 54.6 Å². The molecule has 33 heavy (non-hydrogen) atoms. The Morgan fingerprint density at radius 1 is 0.939 bits per heavy atom. The Kier molecular flexibility index (Phi) is 5.38. The van der Waals surface area contributed by atoms with Gasteiger partial charge in [-0.15, -0.1) is 0 Å². The van der Waals surface area contributed by atoms with Gasteiger partial charge >= 0.3 is 5.97 Å². The molecule has 0 radical (unpaired) electrons. The van der Waals surface area contributed by atoms with Gasteiger partial charge in [-0.2, -0.15) is 0 Å². The predicted octanol–water partition coefficient (Wildman–Crippen LogP) is 4.53. The van der Waals surface area contributed by atoms with Crippen molar-refractivity contribution >= 4 is 17.8 Å². The van der Waals surface area contributed by atoms with E-state index in [-0.39, 0.29) is 47.3 Å². The topological polar surface area (TPSA) is 63.7 Å². The summed E-state index contributed by atoms with van der Waals surface area (Å²) >= 11 is 0. The van der Waals surface area contributed by atoms with E-state index in [1.165, 1.54) is 4.90 Å². The van der Waals surface area contributed by atoms with Crippen LogP contribution in [0.3, 0.4) is 0 Å². The molecule has 1 aliphatic heterocycles. The van der Waals surface area contributed by atoms with Crippen molar-refractivity contribution in [1.29, 1.82) is 0 Å². The molecule has 2 aliphatic carbocycles. The summed E-state index contributed by atoms with van der Waals surface area (Å²) in [5, 5.41) is 0. The number of esters is 1. The van der Waals surface area contributed by atoms with Crippen molar-refractivity contribution in [2.75, 3.05) is 0 Å². The van der Waals surface area contributed by atoms with E-state index in [1.54, 1.807) is 12.1 Å². The fraction of sp³-hybridized carbons (Fsp3) is 0.464. The van der Waals surface area contributed by atoms with Crippen LogP contribution in [-0.4, -0.2) is 28.7 Å². The van der Waals surface area contributed by atoms with Gasteiger partial charge in [0.25, 0.3) is 0 Å². The van der Waals surface area contributed by atoms with E-state index < -0.39 is 12.0 Å². The Morgan fingerprint density at radius 2 is 1.52 bits per heavy atom. The van der Waals surface area contributed by atoms with Crippen LogP contribution in [0.25, 0.3) is 0 Å². The highest BCUT2D eigenvalue weighted by Crippen LogP contribution is 2.56. The van der Waals surface area contributed by atoms with E-state index in [2.05, 4.69) is 20.8 Å². The third kappa shape index (κ3) is 3.88. The Hall–Kier alpha value is -2.95. The number of fused-ring (bicyclic) bond motifs is 5. The zero-order valence-electron chi connectivity index (χ0n) is 19.5. The maximum Gasteiger partial charge on any atom is 0.335 e. The van der Waals surface area contributed by atoms with Crippen LogP contribution in [0.2, 0.25) is 0 Å². The Labute approximate surface area is 195 Å². The molecular formula is C28H31NO4. The first-order valence-corrected chi connectivity index (χ1v) is 12.0. The molecule has 1 saturated heterocycles. The minimum absolute atomic E-state index is 0.0100. The average Bonchev–Trinajstić information content (AvgIpc) is 3.47. The lowest BCUT2D eigenvalue weighted by Crippen LogP contribution is -2.49. The molecule has 5 heteroatoms. The van der Waals surface area contributed by atoms with Crippen LogP contribution in [0.1, 0.15) is 51.2 Å². The van der Waals surface area contributed by atoms with Gasteiger partial charge in [-0.25, -0.2) is 4.79 Å². The molecule has 2 bridgehead atoms. The van der Waals surface area contributed by atoms with Crippen molar-refractivity contribution in [2.24, 2.45) is 23.7 Å². The summed E-state index contributed by atoms with van der Waals surface area (Å²) < 4.78 is 5.73. The Morgan fingerprint density at radius 3 is 2.06 bits per heavy atom. The number of hydrogen-bond acceptors (Lipinski definition) is 4. The zero-order valence-corrected chi connectivity index (χ0v) is 19.5. The second kappa shape index (κ2) is 8.12. The minimum atomic E-state index is -0.959. The number of ether oxygens (including phenoxy) is 1. The molecule has 3 fully saturated rings. The molecule has 1 heterocycles. The number of hydrogen-bond donors (Lipinski definition) is 0. The third-order valence-corrected chi connectivity index (χ3v) is 7.76. The van der Waals surface area contributed by atoms with Crippen LogP contribution in [0.5, 0.6) is 5.75 Å². The third-order valence-electron chi connectivity index (χ3n) is 7.76. The standard InChI is InChI=1S/C28H31NO4/c1-28(2,3)20-11-13-21(14-12-20)33-27(32)22(15-17-7-5-4-6-8-17)29-25(30)23-18-9-10-19(16-18)24(23)26(29)31/h4-8,11-14,18-19,22-24H,9-10,15-16H2,1-3H3/t18-,19-,22-,23-,24+/m0/s1. The van der Waals surface area contributed by atoms with Crippen LogP contribution >= 0.6 is 0 Å². The predicted molar refractivity (Wildman–Crippen MR) is 124 cm³/mol. The van der Waals surface area contributed by atoms with E-state index in [9.17, 15) is 14.4 Å². The van der Waals surface area contributed by atoms with Gasteiger partial charge in [-0.05, 0) is 59.8 Å². The monoisotopic (exact) mass is 445 g/mol. The number of likely N-dealkylation sites (tertiary alicyclic amines) is 1. The SMILES string of the molecule is CC(C)(C)c1ccc(OC(=O)[C@H](Cc2ccccc2)N2C(=O)[C@@H]3[C@H]4CC[C@@H](C4)[C@@H]3C2=O)cc1. The summed E-state index contributed by atoms with van der Waals surface area (Å²) in [6, 6.07) is 16.0. The molecule has 5 atom stereocenters. The number of benzene rings is 2. The molecule has 0 N–H and O–H groups in total. The molecule has 172 valence electrons. The van der Waals surface area contributed by atoms with Gasteiger partial charge in [0.05, 0.1) is 11.8 Å². The van der Waals surface area contributed by atoms with E-state index >= 15 is 0 Å². The highest BCUT2D eigenvalue weighted by molar-refractivity contribution is 6.08. The van der Waals surface area contributed by atoms with E-state index in [0.717, 1.165) is 30.4 Å². The quantitative estimate of drug-likeness (QED) is 0.385. The fourth-order valence-electron chi connectivity index (χ4n) is 6.06. The number of amides is 2. The first-order valence-electron chi connectivity index (χ1n) is 12.0. The maximum atomic E-state index is 13.4. The molecule has 0 unspecified atom stereocenters. The lowest BCUT2D eigenvalue weighted by atomic mass is 9.81. The molecule has 3 aliphatic rings. The highest BCUT2D eigenvalue weighted by Gasteiger charge is 2.62. The van der Waals surface area contributed by atoms with Gasteiger partial charge in [0, 0.05) is 6.42 Å². The molecule has 2 aromatic carbocycles. The van der Waals surface area contributed by atoms with Crippen molar-refractivity contribution in [2.45, 2.75) is 57.9 Å². The lowest BCUT2D eigenvalue weighted by molar-refractivity contribution is -0.154. The molecule has 2 aromatic rings. The van der Waals surface area contributed by atoms with Crippen molar-refractivity contribution < 1.29 is 19.1 Å². The van der Waals surface area contributed by atoms with Crippen LogP contribution < -0.4 is 4.74 Å². The van der Waals surface area contributed by atoms with Crippen molar-refractivity contribution in [3.63, 3.8) is 0 Å². The van der Waals surface area contributed by atoms with Crippen molar-refractivity contribution in [3.05, 3.63) is 65.7 Å². The number of rotatable bonds is 5. The summed E-state index contributed by atoms with van der Waals surface area (Å²) in [7, 11) is 0. The smallest absolute Gasteiger partial charge is 0.335 e. The normalized spacial score (nSPS) is 27.1. The second-order valence-corrected chi connectivity index (χ2v) is 10.8. The van der Waals surface area contributed by atoms with Crippen LogP contribution in [-0.2, 0) is 26.2 Å². The van der Waals surface area contributed by atoms with Gasteiger partial charge in [0.15, 0.2) is 0 Å². The summed E-state index contributed by atoms with van der Waals surface area (Å²) in [6.07, 6.45) is 3.24. The molecular weight excluding hydrogens is 414 g/mol. The summed E-state index contributed by atoms with van der Waals surface area (Å²) in [6.45, 7) is 6.37. The number of nitrogens with zero attached hydrogens (tertiary/aromatic N) is 1. The molecule has 5 nitrogen and oxygen atoms in total. The Bertz CT molecular complexity index is 1040. The van der Waals surface area contributed by atoms with Gasteiger partial charge in [-0.3, -0.25) is 14.5 Å². The first-order chi connectivity index (χ1) is 15.7. The van der Waals surface area contributed by atoms with E-state index in [1.807, 2.05) is 42.5 Å². The molecule has 0 aromatic heterocycles. The van der Waals surface area contributed by atoms with Crippen LogP contribution in [0.4, 0.5) is 0 Å². The molecule has 2 saturated carbocycles. The van der Waals surface area contributed by atoms with Crippen molar-refractivity contribution in [1.82, 2.24) is 4.90 Å². The first kappa shape index (κ1) is 21.9. The minimum Gasteiger partial charge on any atom is -0.425 e.